The molecular formula is C16H24N2O3. The number of hydrogen-bond donors (Lipinski definition) is 1. The van der Waals surface area contributed by atoms with Gasteiger partial charge in [-0.15, -0.1) is 0 Å². The first-order valence-electron chi connectivity index (χ1n) is 7.08. The molecule has 5 nitrogen and oxygen atoms in total. The van der Waals surface area contributed by atoms with Crippen LogP contribution in [0, 0.1) is 0 Å². The summed E-state index contributed by atoms with van der Waals surface area (Å²) in [5.74, 6) is 0.827. The lowest BCUT2D eigenvalue weighted by atomic mass is 10.1. The molecule has 0 atom stereocenters. The van der Waals surface area contributed by atoms with Gasteiger partial charge in [0.05, 0.1) is 12.3 Å². The molecule has 0 aromatic heterocycles. The van der Waals surface area contributed by atoms with E-state index in [2.05, 4.69) is 17.5 Å². The van der Waals surface area contributed by atoms with Gasteiger partial charge in [-0.1, -0.05) is 6.92 Å². The zero-order chi connectivity index (χ0) is 15.9. The van der Waals surface area contributed by atoms with E-state index in [0.717, 1.165) is 17.7 Å². The third kappa shape index (κ3) is 6.79. The van der Waals surface area contributed by atoms with Gasteiger partial charge < -0.3 is 9.47 Å². The number of rotatable bonds is 5. The minimum Gasteiger partial charge on any atom is -0.494 e. The summed E-state index contributed by atoms with van der Waals surface area (Å²) < 4.78 is 10.6. The Kier molecular flexibility index (Phi) is 6.21. The Morgan fingerprint density at radius 1 is 1.24 bits per heavy atom. The lowest BCUT2D eigenvalue weighted by molar-refractivity contribution is 0.0529. The number of hydrazone groups is 1. The number of carbonyl (C=O) groups excluding carboxylic acids is 1. The first-order valence-corrected chi connectivity index (χ1v) is 7.08. The van der Waals surface area contributed by atoms with Crippen LogP contribution in [-0.4, -0.2) is 24.0 Å². The smallest absolute Gasteiger partial charge is 0.428 e. The molecule has 0 aliphatic carbocycles. The molecular weight excluding hydrogens is 268 g/mol. The molecule has 0 fully saturated rings. The van der Waals surface area contributed by atoms with Crippen LogP contribution in [0.4, 0.5) is 4.79 Å². The van der Waals surface area contributed by atoms with E-state index >= 15 is 0 Å². The molecule has 1 rings (SSSR count). The second-order valence-electron chi connectivity index (χ2n) is 5.68. The van der Waals surface area contributed by atoms with Crippen LogP contribution in [0.25, 0.3) is 0 Å². The summed E-state index contributed by atoms with van der Waals surface area (Å²) in [5, 5.41) is 4.02. The lowest BCUT2D eigenvalue weighted by Gasteiger charge is -2.18. The van der Waals surface area contributed by atoms with Crippen LogP contribution < -0.4 is 10.2 Å². The van der Waals surface area contributed by atoms with Gasteiger partial charge in [0, 0.05) is 0 Å². The highest BCUT2D eigenvalue weighted by molar-refractivity contribution is 5.99. The van der Waals surface area contributed by atoms with E-state index < -0.39 is 11.7 Å². The first kappa shape index (κ1) is 17.0. The summed E-state index contributed by atoms with van der Waals surface area (Å²) in [6.07, 6.45) is 0.409. The number of nitrogens with one attached hydrogen (secondary N) is 1. The van der Waals surface area contributed by atoms with E-state index in [-0.39, 0.29) is 0 Å². The normalized spacial score (nSPS) is 12.0. The van der Waals surface area contributed by atoms with Crippen LogP contribution in [-0.2, 0) is 4.74 Å². The standard InChI is InChI=1S/C16H24N2O3/c1-6-11-20-14-9-7-13(8-10-14)12(2)17-18-15(19)21-16(3,4)5/h7-10H,6,11H2,1-5H3,(H,18,19)/b17-12+. The second-order valence-corrected chi connectivity index (χ2v) is 5.68. The van der Waals surface area contributed by atoms with Gasteiger partial charge in [-0.25, -0.2) is 10.2 Å². The van der Waals surface area contributed by atoms with Crippen molar-refractivity contribution in [2.45, 2.75) is 46.6 Å². The molecule has 21 heavy (non-hydrogen) atoms. The molecule has 1 aromatic rings. The molecule has 5 heteroatoms. The maximum Gasteiger partial charge on any atom is 0.428 e. The van der Waals surface area contributed by atoms with Gasteiger partial charge in [0.1, 0.15) is 11.4 Å². The Morgan fingerprint density at radius 2 is 1.86 bits per heavy atom. The number of benzene rings is 1. The van der Waals surface area contributed by atoms with Gasteiger partial charge in [0.15, 0.2) is 0 Å². The minimum absolute atomic E-state index is 0.536. The van der Waals surface area contributed by atoms with Crippen molar-refractivity contribution in [3.05, 3.63) is 29.8 Å². The Labute approximate surface area is 126 Å². The van der Waals surface area contributed by atoms with Gasteiger partial charge in [-0.2, -0.15) is 5.10 Å². The Bertz CT molecular complexity index is 487. The first-order chi connectivity index (χ1) is 9.81. The molecule has 0 radical (unpaired) electrons. The SMILES string of the molecule is CCCOc1ccc(/C(C)=N/NC(=O)OC(C)(C)C)cc1. The van der Waals surface area contributed by atoms with E-state index in [1.165, 1.54) is 0 Å². The summed E-state index contributed by atoms with van der Waals surface area (Å²) in [5.41, 5.74) is 3.46. The van der Waals surface area contributed by atoms with E-state index in [0.29, 0.717) is 12.3 Å². The molecule has 1 N–H and O–H groups in total. The fourth-order valence-electron chi connectivity index (χ4n) is 1.51. The zero-order valence-corrected chi connectivity index (χ0v) is 13.4. The molecule has 0 aliphatic heterocycles. The highest BCUT2D eigenvalue weighted by Gasteiger charge is 2.15. The second kappa shape index (κ2) is 7.67. The molecule has 0 saturated carbocycles. The summed E-state index contributed by atoms with van der Waals surface area (Å²) in [6, 6.07) is 7.58. The highest BCUT2D eigenvalue weighted by Crippen LogP contribution is 2.13. The van der Waals surface area contributed by atoms with Crippen LogP contribution in [0.5, 0.6) is 5.75 Å². The molecule has 0 aliphatic rings. The summed E-state index contributed by atoms with van der Waals surface area (Å²) in [6.45, 7) is 9.99. The van der Waals surface area contributed by atoms with E-state index in [1.54, 1.807) is 20.8 Å². The fraction of sp³-hybridized carbons (Fsp3) is 0.500. The van der Waals surface area contributed by atoms with Crippen LogP contribution in [0.15, 0.2) is 29.4 Å². The Morgan fingerprint density at radius 3 is 2.38 bits per heavy atom. The fourth-order valence-corrected chi connectivity index (χ4v) is 1.51. The van der Waals surface area contributed by atoms with Crippen molar-refractivity contribution in [2.24, 2.45) is 5.10 Å². The third-order valence-corrected chi connectivity index (χ3v) is 2.46. The summed E-state index contributed by atoms with van der Waals surface area (Å²) >= 11 is 0. The minimum atomic E-state index is -0.565. The monoisotopic (exact) mass is 292 g/mol. The van der Waals surface area contributed by atoms with E-state index in [4.69, 9.17) is 9.47 Å². The van der Waals surface area contributed by atoms with Gasteiger partial charge in [0.2, 0.25) is 0 Å². The van der Waals surface area contributed by atoms with E-state index in [1.807, 2.05) is 31.2 Å². The molecule has 0 saturated heterocycles. The maximum absolute atomic E-state index is 11.5. The maximum atomic E-state index is 11.5. The largest absolute Gasteiger partial charge is 0.494 e. The number of carbonyl (C=O) groups is 1. The van der Waals surface area contributed by atoms with Crippen LogP contribution >= 0.6 is 0 Å². The van der Waals surface area contributed by atoms with Crippen molar-refractivity contribution < 1.29 is 14.3 Å². The van der Waals surface area contributed by atoms with Gasteiger partial charge in [-0.05, 0) is 63.9 Å². The summed E-state index contributed by atoms with van der Waals surface area (Å²) in [4.78, 5) is 11.5. The van der Waals surface area contributed by atoms with Crippen molar-refractivity contribution >= 4 is 11.8 Å². The van der Waals surface area contributed by atoms with Gasteiger partial charge in [-0.3, -0.25) is 0 Å². The number of hydrogen-bond acceptors (Lipinski definition) is 4. The molecule has 0 bridgehead atoms. The Hall–Kier alpha value is -2.04. The molecule has 0 unspecified atom stereocenters. The van der Waals surface area contributed by atoms with Crippen molar-refractivity contribution in [3.8, 4) is 5.75 Å². The molecule has 0 spiro atoms. The van der Waals surface area contributed by atoms with E-state index in [9.17, 15) is 4.79 Å². The predicted octanol–water partition coefficient (Wildman–Crippen LogP) is 3.72. The number of nitrogens with zero attached hydrogens (tertiary/aromatic N) is 1. The van der Waals surface area contributed by atoms with Crippen molar-refractivity contribution in [2.75, 3.05) is 6.61 Å². The van der Waals surface area contributed by atoms with Crippen molar-refractivity contribution in [3.63, 3.8) is 0 Å². The van der Waals surface area contributed by atoms with Crippen LogP contribution in [0.3, 0.4) is 0 Å². The topological polar surface area (TPSA) is 59.9 Å². The number of ether oxygens (including phenoxy) is 2. The quantitative estimate of drug-likeness (QED) is 0.664. The Balaban J connectivity index is 2.59. The summed E-state index contributed by atoms with van der Waals surface area (Å²) in [7, 11) is 0. The average Bonchev–Trinajstić information content (AvgIpc) is 2.41. The molecule has 0 heterocycles. The van der Waals surface area contributed by atoms with Crippen molar-refractivity contribution in [1.82, 2.24) is 5.43 Å². The lowest BCUT2D eigenvalue weighted by Crippen LogP contribution is -2.30. The number of amides is 1. The van der Waals surface area contributed by atoms with Crippen LogP contribution in [0.2, 0.25) is 0 Å². The average molecular weight is 292 g/mol. The third-order valence-electron chi connectivity index (χ3n) is 2.46. The van der Waals surface area contributed by atoms with Gasteiger partial charge in [0.25, 0.3) is 0 Å². The van der Waals surface area contributed by atoms with Crippen LogP contribution in [0.1, 0.15) is 46.6 Å². The molecule has 116 valence electrons. The van der Waals surface area contributed by atoms with Gasteiger partial charge >= 0.3 is 6.09 Å². The highest BCUT2D eigenvalue weighted by atomic mass is 16.6. The van der Waals surface area contributed by atoms with Crippen molar-refractivity contribution in [1.29, 1.82) is 0 Å². The predicted molar refractivity (Wildman–Crippen MR) is 83.8 cm³/mol. The molecule has 1 aromatic carbocycles. The zero-order valence-electron chi connectivity index (χ0n) is 13.4. The molecule has 1 amide bonds.